The Kier molecular flexibility index (Phi) is 4.38. The molecule has 0 aromatic heterocycles. The van der Waals surface area contributed by atoms with E-state index in [0.717, 1.165) is 8.20 Å². The van der Waals surface area contributed by atoms with Crippen LogP contribution in [0.1, 0.15) is 0 Å². The van der Waals surface area contributed by atoms with Crippen molar-refractivity contribution in [1.82, 2.24) is 0 Å². The quantitative estimate of drug-likeness (QED) is 0.464. The molecule has 6 heavy (non-hydrogen) atoms. The molecule has 0 radical (unpaired) electrons. The molecule has 0 aliphatic heterocycles. The molecule has 0 saturated carbocycles. The Morgan fingerprint density at radius 1 is 1.33 bits per heavy atom. The summed E-state index contributed by atoms with van der Waals surface area (Å²) in [6.07, 6.45) is 1.75. The summed E-state index contributed by atoms with van der Waals surface area (Å²) in [6.45, 7) is 6.99. The summed E-state index contributed by atoms with van der Waals surface area (Å²) in [5.41, 5.74) is 0. The van der Waals surface area contributed by atoms with E-state index in [-0.39, 0.29) is 0 Å². The molecule has 0 rings (SSSR count). The molecule has 0 amide bonds. The molecule has 0 bridgehead atoms. The summed E-state index contributed by atoms with van der Waals surface area (Å²) in [7, 11) is 1.13. The van der Waals surface area contributed by atoms with Crippen molar-refractivity contribution in [2.75, 3.05) is 0 Å². The van der Waals surface area contributed by atoms with Gasteiger partial charge in [0.1, 0.15) is 0 Å². The Hall–Kier alpha value is -0.350. The van der Waals surface area contributed by atoms with Gasteiger partial charge in [-0.25, -0.2) is 0 Å². The Bertz CT molecular complexity index is 62.0. The van der Waals surface area contributed by atoms with E-state index in [1.54, 1.807) is 6.08 Å². The zero-order chi connectivity index (χ0) is 4.83. The maximum absolute atomic E-state index is 3.51. The van der Waals surface area contributed by atoms with Crippen molar-refractivity contribution in [1.29, 1.82) is 0 Å². The highest BCUT2D eigenvalue weighted by Gasteiger charge is 1.48. The van der Waals surface area contributed by atoms with Crippen molar-refractivity contribution in [3.63, 3.8) is 0 Å². The number of hydrogen-bond acceptors (Lipinski definition) is 0. The minimum atomic E-state index is 1.13. The smallest absolute Gasteiger partial charge is 0.0353 e. The zero-order valence-corrected chi connectivity index (χ0v) is 4.49. The highest BCUT2D eigenvalue weighted by molar-refractivity contribution is 7.42. The van der Waals surface area contributed by atoms with Gasteiger partial charge in [0.2, 0.25) is 0 Å². The fraction of sp³-hybridized carbons (Fsp3) is 0. The van der Waals surface area contributed by atoms with Gasteiger partial charge in [-0.15, -0.1) is 0 Å². The molecular formula is C5H7P. The minimum Gasteiger partial charge on any atom is -0.0987 e. The SMILES string of the molecule is C=CC=PC=C. The monoisotopic (exact) mass is 98.0 g/mol. The van der Waals surface area contributed by atoms with Crippen LogP contribution in [0.2, 0.25) is 0 Å². The molecule has 0 aliphatic rings. The summed E-state index contributed by atoms with van der Waals surface area (Å²) in [6, 6.07) is 0. The molecule has 0 nitrogen and oxygen atoms in total. The standard InChI is InChI=1S/C5H7P/c1-3-5-6-4-2/h3-5H,1-2H2. The van der Waals surface area contributed by atoms with Crippen LogP contribution in [0.5, 0.6) is 0 Å². The van der Waals surface area contributed by atoms with E-state index in [4.69, 9.17) is 0 Å². The number of hydrogen-bond donors (Lipinski definition) is 0. The highest BCUT2D eigenvalue weighted by atomic mass is 31.1. The molecule has 0 atom stereocenters. The zero-order valence-electron chi connectivity index (χ0n) is 3.59. The van der Waals surface area contributed by atoms with Gasteiger partial charge in [-0.05, 0) is 11.6 Å². The first-order chi connectivity index (χ1) is 2.91. The largest absolute Gasteiger partial charge is 0.0987 e. The van der Waals surface area contributed by atoms with E-state index < -0.39 is 0 Å². The van der Waals surface area contributed by atoms with Crippen LogP contribution in [0.3, 0.4) is 0 Å². The van der Waals surface area contributed by atoms with Crippen LogP contribution in [0, 0.1) is 0 Å². The van der Waals surface area contributed by atoms with E-state index >= 15 is 0 Å². The summed E-state index contributed by atoms with van der Waals surface area (Å²) in [4.78, 5) is 0. The summed E-state index contributed by atoms with van der Waals surface area (Å²) < 4.78 is 0. The van der Waals surface area contributed by atoms with Gasteiger partial charge in [-0.1, -0.05) is 27.4 Å². The lowest BCUT2D eigenvalue weighted by Crippen LogP contribution is -1.41. The molecule has 0 aromatic carbocycles. The molecular weight excluding hydrogens is 91.0 g/mol. The van der Waals surface area contributed by atoms with Crippen molar-refractivity contribution in [3.05, 3.63) is 25.1 Å². The second kappa shape index (κ2) is 4.65. The molecule has 0 spiro atoms. The third-order valence-electron chi connectivity index (χ3n) is 0.297. The Labute approximate surface area is 40.0 Å². The van der Waals surface area contributed by atoms with Crippen LogP contribution in [-0.4, -0.2) is 5.80 Å². The fourth-order valence-electron chi connectivity index (χ4n) is 0.122. The predicted molar refractivity (Wildman–Crippen MR) is 33.4 cm³/mol. The van der Waals surface area contributed by atoms with Gasteiger partial charge in [0.15, 0.2) is 0 Å². The maximum Gasteiger partial charge on any atom is -0.0353 e. The second-order valence-corrected chi connectivity index (χ2v) is 1.68. The van der Waals surface area contributed by atoms with Gasteiger partial charge in [-0.3, -0.25) is 0 Å². The average molecular weight is 98.1 g/mol. The number of allylic oxidation sites excluding steroid dienone is 1. The van der Waals surface area contributed by atoms with E-state index in [1.807, 2.05) is 11.6 Å². The third kappa shape index (κ3) is 3.65. The van der Waals surface area contributed by atoms with Gasteiger partial charge >= 0.3 is 0 Å². The van der Waals surface area contributed by atoms with Gasteiger partial charge in [0.05, 0.1) is 0 Å². The van der Waals surface area contributed by atoms with E-state index in [9.17, 15) is 0 Å². The van der Waals surface area contributed by atoms with Crippen molar-refractivity contribution in [2.45, 2.75) is 0 Å². The van der Waals surface area contributed by atoms with Crippen LogP contribution >= 0.6 is 8.20 Å². The van der Waals surface area contributed by atoms with Crippen LogP contribution in [0.25, 0.3) is 0 Å². The van der Waals surface area contributed by atoms with Crippen LogP contribution in [0.4, 0.5) is 0 Å². The molecule has 0 aromatic rings. The maximum atomic E-state index is 3.51. The Balaban J connectivity index is 3.17. The van der Waals surface area contributed by atoms with Gasteiger partial charge < -0.3 is 0 Å². The first-order valence-corrected chi connectivity index (χ1v) is 2.70. The van der Waals surface area contributed by atoms with Gasteiger partial charge in [0.25, 0.3) is 0 Å². The molecule has 32 valence electrons. The predicted octanol–water partition coefficient (Wildman–Crippen LogP) is 2.06. The van der Waals surface area contributed by atoms with Crippen LogP contribution in [-0.2, 0) is 0 Å². The normalized spacial score (nSPS) is 8.67. The topological polar surface area (TPSA) is 0 Å². The summed E-state index contributed by atoms with van der Waals surface area (Å²) in [5.74, 6) is 3.73. The van der Waals surface area contributed by atoms with E-state index in [1.165, 1.54) is 0 Å². The summed E-state index contributed by atoms with van der Waals surface area (Å²) in [5, 5.41) is 0. The highest BCUT2D eigenvalue weighted by Crippen LogP contribution is 1.89. The molecule has 0 saturated heterocycles. The lowest BCUT2D eigenvalue weighted by molar-refractivity contribution is 2.55. The lowest BCUT2D eigenvalue weighted by atomic mass is 10.8. The van der Waals surface area contributed by atoms with Crippen LogP contribution in [0.15, 0.2) is 25.1 Å². The van der Waals surface area contributed by atoms with Gasteiger partial charge in [0, 0.05) is 0 Å². The second-order valence-electron chi connectivity index (χ2n) is 0.716. The summed E-state index contributed by atoms with van der Waals surface area (Å²) >= 11 is 0. The molecule has 0 heterocycles. The van der Waals surface area contributed by atoms with Crippen molar-refractivity contribution < 1.29 is 0 Å². The minimum absolute atomic E-state index is 1.13. The molecule has 1 heteroatoms. The molecule has 0 fully saturated rings. The van der Waals surface area contributed by atoms with E-state index in [0.29, 0.717) is 0 Å². The Morgan fingerprint density at radius 3 is 2.17 bits per heavy atom. The third-order valence-corrected chi connectivity index (χ3v) is 0.891. The van der Waals surface area contributed by atoms with E-state index in [2.05, 4.69) is 13.2 Å². The average Bonchev–Trinajstić information content (AvgIpc) is 1.61. The molecule has 0 unspecified atom stereocenters. The number of rotatable bonds is 2. The molecule has 0 aliphatic carbocycles. The Morgan fingerprint density at radius 2 is 2.00 bits per heavy atom. The molecule has 0 N–H and O–H groups in total. The fourth-order valence-corrected chi connectivity index (χ4v) is 0.365. The van der Waals surface area contributed by atoms with Crippen LogP contribution < -0.4 is 0 Å². The van der Waals surface area contributed by atoms with Crippen molar-refractivity contribution in [2.24, 2.45) is 0 Å². The van der Waals surface area contributed by atoms with Crippen molar-refractivity contribution >= 4 is 14.0 Å². The first-order valence-electron chi connectivity index (χ1n) is 1.67. The van der Waals surface area contributed by atoms with Crippen molar-refractivity contribution in [3.8, 4) is 0 Å². The van der Waals surface area contributed by atoms with Gasteiger partial charge in [-0.2, -0.15) is 0 Å². The lowest BCUT2D eigenvalue weighted by Gasteiger charge is -1.59. The first kappa shape index (κ1) is 5.65.